The number of aliphatic imine (C=N–C) groups is 1. The molecule has 2 aromatic heterocycles. The predicted octanol–water partition coefficient (Wildman–Crippen LogP) is 7.51. The number of amidine groups is 1. The molecule has 0 unspecified atom stereocenters. The third-order valence-electron chi connectivity index (χ3n) is 7.44. The molecular weight excluding hydrogens is 474 g/mol. The molecule has 0 radical (unpaired) electrons. The fraction of sp³-hybridized carbons (Fsp3) is 0.387. The minimum atomic E-state index is -0.0820. The van der Waals surface area contributed by atoms with Gasteiger partial charge in [-0.1, -0.05) is 88.6 Å². The molecule has 3 heterocycles. The van der Waals surface area contributed by atoms with Crippen molar-refractivity contribution < 1.29 is 0 Å². The number of para-hydroxylation sites is 1. The molecule has 4 aromatic rings. The number of pyridine rings is 1. The van der Waals surface area contributed by atoms with E-state index in [4.69, 9.17) is 15.1 Å². The Balaban J connectivity index is 1.45. The maximum atomic E-state index is 5.27. The maximum Gasteiger partial charge on any atom is 0.166 e. The molecule has 6 rings (SSSR count). The topological polar surface area (TPSA) is 46.3 Å². The maximum absolute atomic E-state index is 5.27. The highest BCUT2D eigenvalue weighted by molar-refractivity contribution is 8.13. The van der Waals surface area contributed by atoms with E-state index in [2.05, 4.69) is 86.3 Å². The van der Waals surface area contributed by atoms with Gasteiger partial charge in [0.2, 0.25) is 0 Å². The van der Waals surface area contributed by atoms with Crippen LogP contribution in [0.25, 0.3) is 16.7 Å². The van der Waals surface area contributed by atoms with Gasteiger partial charge in [0.1, 0.15) is 5.03 Å². The first-order valence-corrected chi connectivity index (χ1v) is 14.3. The summed E-state index contributed by atoms with van der Waals surface area (Å²) in [6.07, 6.45) is 6.45. The van der Waals surface area contributed by atoms with Crippen LogP contribution >= 0.6 is 11.8 Å². The zero-order valence-electron chi connectivity index (χ0n) is 22.0. The summed E-state index contributed by atoms with van der Waals surface area (Å²) in [7, 11) is 0. The monoisotopic (exact) mass is 509 g/mol. The van der Waals surface area contributed by atoms with Crippen molar-refractivity contribution in [2.75, 3.05) is 0 Å². The number of rotatable bonds is 4. The Kier molecular flexibility index (Phi) is 6.53. The van der Waals surface area contributed by atoms with E-state index >= 15 is 0 Å². The van der Waals surface area contributed by atoms with Gasteiger partial charge in [-0.25, -0.2) is 9.67 Å². The first-order valence-electron chi connectivity index (χ1n) is 13.5. The number of fused-ring (bicyclic) bond motifs is 2. The molecule has 0 atom stereocenters. The Morgan fingerprint density at radius 2 is 1.65 bits per heavy atom. The second kappa shape index (κ2) is 9.97. The minimum absolute atomic E-state index is 0.0820. The lowest BCUT2D eigenvalue weighted by Gasteiger charge is -2.39. The lowest BCUT2D eigenvalue weighted by molar-refractivity contribution is 0.238. The van der Waals surface area contributed by atoms with Gasteiger partial charge in [0.05, 0.1) is 17.9 Å². The Hall–Kier alpha value is -3.12. The summed E-state index contributed by atoms with van der Waals surface area (Å²) in [5.41, 5.74) is 5.51. The Bertz CT molecular complexity index is 1410. The van der Waals surface area contributed by atoms with Gasteiger partial charge in [0.25, 0.3) is 0 Å². The molecule has 0 spiro atoms. The lowest BCUT2D eigenvalue weighted by Crippen LogP contribution is -2.41. The van der Waals surface area contributed by atoms with E-state index in [1.807, 2.05) is 10.7 Å². The van der Waals surface area contributed by atoms with Crippen LogP contribution in [0.2, 0.25) is 0 Å². The smallest absolute Gasteiger partial charge is 0.166 e. The van der Waals surface area contributed by atoms with Gasteiger partial charge in [0.15, 0.2) is 10.8 Å². The van der Waals surface area contributed by atoms with Crippen molar-refractivity contribution in [3.8, 4) is 5.69 Å². The van der Waals surface area contributed by atoms with Gasteiger partial charge in [0, 0.05) is 29.0 Å². The van der Waals surface area contributed by atoms with Gasteiger partial charge in [-0.3, -0.25) is 4.99 Å². The second-order valence-electron chi connectivity index (χ2n) is 11.3. The van der Waals surface area contributed by atoms with Crippen LogP contribution in [0.3, 0.4) is 0 Å². The second-order valence-corrected chi connectivity index (χ2v) is 12.2. The highest BCUT2D eigenvalue weighted by atomic mass is 32.2. The molecule has 2 aromatic carbocycles. The van der Waals surface area contributed by atoms with Gasteiger partial charge < -0.3 is 4.90 Å². The SMILES string of the molecule is CC(C)(C)c1nn(-c2ccccc2)c2nc3c(cc12)CN(C1CCCCC1)C(=NCc1ccccc1)S3. The van der Waals surface area contributed by atoms with E-state index in [9.17, 15) is 0 Å². The van der Waals surface area contributed by atoms with Crippen LogP contribution in [0.1, 0.15) is 69.7 Å². The lowest BCUT2D eigenvalue weighted by atomic mass is 9.90. The number of nitrogens with zero attached hydrogens (tertiary/aromatic N) is 5. The zero-order chi connectivity index (χ0) is 25.4. The summed E-state index contributed by atoms with van der Waals surface area (Å²) in [6, 6.07) is 23.8. The molecule has 0 N–H and O–H groups in total. The van der Waals surface area contributed by atoms with E-state index in [-0.39, 0.29) is 5.41 Å². The molecule has 6 heteroatoms. The fourth-order valence-electron chi connectivity index (χ4n) is 5.51. The van der Waals surface area contributed by atoms with Crippen LogP contribution in [0.15, 0.2) is 76.7 Å². The molecule has 1 aliphatic carbocycles. The van der Waals surface area contributed by atoms with Crippen LogP contribution in [0.4, 0.5) is 0 Å². The van der Waals surface area contributed by atoms with E-state index in [0.29, 0.717) is 12.6 Å². The first kappa shape index (κ1) is 24.2. The highest BCUT2D eigenvalue weighted by Crippen LogP contribution is 2.39. The van der Waals surface area contributed by atoms with Gasteiger partial charge in [-0.2, -0.15) is 5.10 Å². The van der Waals surface area contributed by atoms with Crippen LogP contribution in [0.5, 0.6) is 0 Å². The standard InChI is InChI=1S/C31H35N5S/c1-31(2,3)27-26-19-23-21-35(24-15-9-5-10-16-24)30(32-20-22-13-7-4-8-14-22)37-29(23)33-28(26)36(34-27)25-17-11-6-12-18-25/h4,6-8,11-14,17-19,24H,5,9-10,15-16,20-21H2,1-3H3. The third kappa shape index (κ3) is 4.91. The summed E-state index contributed by atoms with van der Waals surface area (Å²) < 4.78 is 2.02. The average Bonchev–Trinajstić information content (AvgIpc) is 3.30. The average molecular weight is 510 g/mol. The molecule has 5 nitrogen and oxygen atoms in total. The van der Waals surface area contributed by atoms with E-state index in [1.54, 1.807) is 11.8 Å². The van der Waals surface area contributed by atoms with Crippen molar-refractivity contribution in [1.29, 1.82) is 0 Å². The van der Waals surface area contributed by atoms with E-state index in [0.717, 1.165) is 39.2 Å². The fourth-order valence-corrected chi connectivity index (χ4v) is 6.53. The Morgan fingerprint density at radius 3 is 2.35 bits per heavy atom. The minimum Gasteiger partial charge on any atom is -0.344 e. The Labute approximate surface area is 224 Å². The molecule has 1 aliphatic heterocycles. The quantitative estimate of drug-likeness (QED) is 0.285. The van der Waals surface area contributed by atoms with Crippen LogP contribution in [0, 0.1) is 0 Å². The summed E-state index contributed by atoms with van der Waals surface area (Å²) in [5, 5.41) is 8.43. The summed E-state index contributed by atoms with van der Waals surface area (Å²) in [4.78, 5) is 13.0. The predicted molar refractivity (Wildman–Crippen MR) is 153 cm³/mol. The van der Waals surface area contributed by atoms with Crippen LogP contribution < -0.4 is 0 Å². The van der Waals surface area contributed by atoms with Crippen molar-refractivity contribution >= 4 is 28.0 Å². The number of hydrogen-bond acceptors (Lipinski definition) is 4. The summed E-state index contributed by atoms with van der Waals surface area (Å²) in [5.74, 6) is 0. The number of hydrogen-bond donors (Lipinski definition) is 0. The first-order chi connectivity index (χ1) is 18.0. The van der Waals surface area contributed by atoms with Crippen molar-refractivity contribution in [3.63, 3.8) is 0 Å². The number of aromatic nitrogens is 3. The van der Waals surface area contributed by atoms with Crippen molar-refractivity contribution in [2.45, 2.75) is 82.4 Å². The van der Waals surface area contributed by atoms with E-state index in [1.165, 1.54) is 43.2 Å². The number of thioether (sulfide) groups is 1. The van der Waals surface area contributed by atoms with E-state index < -0.39 is 0 Å². The largest absolute Gasteiger partial charge is 0.344 e. The van der Waals surface area contributed by atoms with Gasteiger partial charge in [-0.05, 0) is 48.4 Å². The molecule has 0 amide bonds. The molecule has 1 saturated carbocycles. The molecule has 1 fully saturated rings. The van der Waals surface area contributed by atoms with Crippen LogP contribution in [-0.4, -0.2) is 30.9 Å². The molecule has 37 heavy (non-hydrogen) atoms. The zero-order valence-corrected chi connectivity index (χ0v) is 22.8. The summed E-state index contributed by atoms with van der Waals surface area (Å²) >= 11 is 1.74. The molecular formula is C31H35N5S. The van der Waals surface area contributed by atoms with Crippen molar-refractivity contribution in [1.82, 2.24) is 19.7 Å². The summed E-state index contributed by atoms with van der Waals surface area (Å²) in [6.45, 7) is 8.27. The van der Waals surface area contributed by atoms with Crippen LogP contribution in [-0.2, 0) is 18.5 Å². The number of benzene rings is 2. The van der Waals surface area contributed by atoms with Gasteiger partial charge >= 0.3 is 0 Å². The third-order valence-corrected chi connectivity index (χ3v) is 8.53. The Morgan fingerprint density at radius 1 is 0.946 bits per heavy atom. The van der Waals surface area contributed by atoms with Gasteiger partial charge in [-0.15, -0.1) is 0 Å². The normalized spacial score (nSPS) is 17.9. The molecule has 190 valence electrons. The highest BCUT2D eigenvalue weighted by Gasteiger charge is 2.32. The molecule has 0 bridgehead atoms. The molecule has 0 saturated heterocycles. The van der Waals surface area contributed by atoms with Crippen molar-refractivity contribution in [2.24, 2.45) is 4.99 Å². The van der Waals surface area contributed by atoms with Crippen molar-refractivity contribution in [3.05, 3.63) is 83.6 Å². The molecule has 2 aliphatic rings.